The van der Waals surface area contributed by atoms with Gasteiger partial charge in [0.25, 0.3) is 0 Å². The molecule has 8 nitrogen and oxygen atoms in total. The lowest BCUT2D eigenvalue weighted by Crippen LogP contribution is -2.29. The van der Waals surface area contributed by atoms with E-state index < -0.39 is 17.6 Å². The predicted molar refractivity (Wildman–Crippen MR) is 131 cm³/mol. The van der Waals surface area contributed by atoms with Crippen molar-refractivity contribution < 1.29 is 13.9 Å². The Morgan fingerprint density at radius 3 is 2.69 bits per heavy atom. The number of fused-ring (bicyclic) bond motifs is 1. The van der Waals surface area contributed by atoms with Gasteiger partial charge in [0, 0.05) is 43.4 Å². The fourth-order valence-electron chi connectivity index (χ4n) is 4.44. The van der Waals surface area contributed by atoms with Gasteiger partial charge in [-0.15, -0.1) is 0 Å². The second kappa shape index (κ2) is 9.59. The van der Waals surface area contributed by atoms with Crippen molar-refractivity contribution in [3.05, 3.63) is 82.0 Å². The van der Waals surface area contributed by atoms with E-state index >= 15 is 0 Å². The number of carbonyl (C=O) groups excluding carboxylic acids is 1. The molecule has 1 atom stereocenters. The standard InChI is InChI=1S/C25H24ClFN6O2/c1-33-21(6-9-29-33)22(14-3-5-18(26)19(27)12-14)23-17-4-2-15(24(28)34)13-20(17)31-25(32-23)30-16-7-10-35-11-8-16/h2-6,9,12-13,16,22H,7-8,10-11H2,1H3,(H2,28,34)(H,30,31,32)/t22-/m0/s1. The summed E-state index contributed by atoms with van der Waals surface area (Å²) in [5.74, 6) is -1.13. The van der Waals surface area contributed by atoms with E-state index in [1.54, 1.807) is 35.1 Å². The molecule has 0 saturated carbocycles. The Kier molecular flexibility index (Phi) is 6.36. The smallest absolute Gasteiger partial charge is 0.248 e. The Morgan fingerprint density at radius 1 is 1.20 bits per heavy atom. The number of hydrogen-bond donors (Lipinski definition) is 2. The van der Waals surface area contributed by atoms with Crippen LogP contribution in [0.2, 0.25) is 5.02 Å². The minimum absolute atomic E-state index is 0.0398. The summed E-state index contributed by atoms with van der Waals surface area (Å²) in [7, 11) is 1.82. The summed E-state index contributed by atoms with van der Waals surface area (Å²) >= 11 is 5.98. The van der Waals surface area contributed by atoms with Gasteiger partial charge in [-0.25, -0.2) is 14.4 Å². The van der Waals surface area contributed by atoms with E-state index in [4.69, 9.17) is 32.0 Å². The fourth-order valence-corrected chi connectivity index (χ4v) is 4.56. The summed E-state index contributed by atoms with van der Waals surface area (Å²) in [4.78, 5) is 21.5. The molecule has 1 saturated heterocycles. The molecule has 1 amide bonds. The third kappa shape index (κ3) is 4.69. The van der Waals surface area contributed by atoms with Crippen LogP contribution in [0.25, 0.3) is 10.9 Å². The number of rotatable bonds is 6. The number of aryl methyl sites for hydroxylation is 1. The van der Waals surface area contributed by atoms with Crippen LogP contribution < -0.4 is 11.1 Å². The second-order valence-corrected chi connectivity index (χ2v) is 8.95. The normalized spacial score (nSPS) is 15.3. The maximum absolute atomic E-state index is 14.6. The molecule has 1 fully saturated rings. The molecule has 0 spiro atoms. The summed E-state index contributed by atoms with van der Waals surface area (Å²) in [6, 6.07) is 11.8. The van der Waals surface area contributed by atoms with Crippen molar-refractivity contribution >= 4 is 34.4 Å². The Labute approximate surface area is 206 Å². The van der Waals surface area contributed by atoms with Crippen LogP contribution in [0.15, 0.2) is 48.7 Å². The Morgan fingerprint density at radius 2 is 2.00 bits per heavy atom. The summed E-state index contributed by atoms with van der Waals surface area (Å²) in [6.07, 6.45) is 3.33. The zero-order valence-electron chi connectivity index (χ0n) is 19.0. The molecular weight excluding hydrogens is 471 g/mol. The van der Waals surface area contributed by atoms with Crippen molar-refractivity contribution in [3.8, 4) is 0 Å². The number of nitrogens with zero attached hydrogens (tertiary/aromatic N) is 4. The highest BCUT2D eigenvalue weighted by atomic mass is 35.5. The molecule has 0 unspecified atom stereocenters. The average molecular weight is 495 g/mol. The second-order valence-electron chi connectivity index (χ2n) is 8.55. The van der Waals surface area contributed by atoms with Crippen molar-refractivity contribution in [2.24, 2.45) is 12.8 Å². The van der Waals surface area contributed by atoms with Crippen LogP contribution in [-0.4, -0.2) is 44.9 Å². The molecule has 0 radical (unpaired) electrons. The number of ether oxygens (including phenoxy) is 1. The molecule has 1 aliphatic heterocycles. The van der Waals surface area contributed by atoms with E-state index in [0.717, 1.165) is 18.5 Å². The number of carbonyl (C=O) groups is 1. The lowest BCUT2D eigenvalue weighted by Gasteiger charge is -2.25. The lowest BCUT2D eigenvalue weighted by molar-refractivity contribution is 0.0903. The first kappa shape index (κ1) is 23.2. The molecule has 0 bridgehead atoms. The Balaban J connectivity index is 1.73. The van der Waals surface area contributed by atoms with E-state index in [-0.39, 0.29) is 11.1 Å². The monoisotopic (exact) mass is 494 g/mol. The van der Waals surface area contributed by atoms with E-state index in [2.05, 4.69) is 10.4 Å². The topological polar surface area (TPSA) is 108 Å². The van der Waals surface area contributed by atoms with E-state index in [1.807, 2.05) is 13.1 Å². The number of hydrogen-bond acceptors (Lipinski definition) is 6. The number of halogens is 2. The van der Waals surface area contributed by atoms with Crippen LogP contribution in [-0.2, 0) is 11.8 Å². The largest absolute Gasteiger partial charge is 0.381 e. The third-order valence-electron chi connectivity index (χ3n) is 6.27. The van der Waals surface area contributed by atoms with Crippen LogP contribution in [0.5, 0.6) is 0 Å². The average Bonchev–Trinajstić information content (AvgIpc) is 3.27. The first-order valence-electron chi connectivity index (χ1n) is 11.3. The molecular formula is C25H24ClFN6O2. The zero-order chi connectivity index (χ0) is 24.5. The molecule has 4 aromatic rings. The summed E-state index contributed by atoms with van der Waals surface area (Å²) < 4.78 is 21.8. The summed E-state index contributed by atoms with van der Waals surface area (Å²) in [5, 5.41) is 8.49. The fraction of sp³-hybridized carbons (Fsp3) is 0.280. The SMILES string of the molecule is Cn1nccc1[C@H](c1ccc(Cl)c(F)c1)c1nc(NC2CCOCC2)nc2cc(C(N)=O)ccc12. The minimum Gasteiger partial charge on any atom is -0.381 e. The van der Waals surface area contributed by atoms with Gasteiger partial charge in [0.05, 0.1) is 27.8 Å². The highest BCUT2D eigenvalue weighted by Gasteiger charge is 2.26. The first-order chi connectivity index (χ1) is 16.9. The van der Waals surface area contributed by atoms with Crippen LogP contribution in [0.4, 0.5) is 10.3 Å². The van der Waals surface area contributed by atoms with Gasteiger partial charge in [-0.1, -0.05) is 23.7 Å². The molecule has 0 aliphatic carbocycles. The highest BCUT2D eigenvalue weighted by Crippen LogP contribution is 2.36. The molecule has 35 heavy (non-hydrogen) atoms. The quantitative estimate of drug-likeness (QED) is 0.419. The van der Waals surface area contributed by atoms with Crippen LogP contribution in [0, 0.1) is 5.82 Å². The Hall–Kier alpha value is -3.56. The lowest BCUT2D eigenvalue weighted by atomic mass is 9.89. The van der Waals surface area contributed by atoms with Gasteiger partial charge in [-0.3, -0.25) is 9.48 Å². The molecule has 2 aromatic carbocycles. The van der Waals surface area contributed by atoms with Gasteiger partial charge in [0.15, 0.2) is 0 Å². The number of anilines is 1. The maximum Gasteiger partial charge on any atom is 0.248 e. The van der Waals surface area contributed by atoms with Crippen LogP contribution >= 0.6 is 11.6 Å². The molecule has 5 rings (SSSR count). The van der Waals surface area contributed by atoms with E-state index in [0.29, 0.717) is 46.9 Å². The number of amides is 1. The van der Waals surface area contributed by atoms with Crippen molar-refractivity contribution in [2.45, 2.75) is 24.8 Å². The summed E-state index contributed by atoms with van der Waals surface area (Å²) in [6.45, 7) is 1.32. The van der Waals surface area contributed by atoms with Crippen molar-refractivity contribution in [1.29, 1.82) is 0 Å². The summed E-state index contributed by atoms with van der Waals surface area (Å²) in [5.41, 5.74) is 8.54. The minimum atomic E-state index is -0.547. The number of nitrogens with one attached hydrogen (secondary N) is 1. The van der Waals surface area contributed by atoms with E-state index in [1.165, 1.54) is 12.1 Å². The Bertz CT molecular complexity index is 1400. The van der Waals surface area contributed by atoms with Crippen molar-refractivity contribution in [1.82, 2.24) is 19.7 Å². The highest BCUT2D eigenvalue weighted by molar-refractivity contribution is 6.30. The number of aromatic nitrogens is 4. The van der Waals surface area contributed by atoms with Gasteiger partial charge in [0.2, 0.25) is 11.9 Å². The predicted octanol–water partition coefficient (Wildman–Crippen LogP) is 4.03. The zero-order valence-corrected chi connectivity index (χ0v) is 19.8. The molecule has 2 aromatic heterocycles. The van der Waals surface area contributed by atoms with Gasteiger partial charge in [-0.2, -0.15) is 5.10 Å². The molecule has 180 valence electrons. The molecule has 3 heterocycles. The van der Waals surface area contributed by atoms with Gasteiger partial charge < -0.3 is 15.8 Å². The van der Waals surface area contributed by atoms with Crippen LogP contribution in [0.1, 0.15) is 46.1 Å². The van der Waals surface area contributed by atoms with Gasteiger partial charge in [0.1, 0.15) is 5.82 Å². The van der Waals surface area contributed by atoms with E-state index in [9.17, 15) is 9.18 Å². The van der Waals surface area contributed by atoms with Gasteiger partial charge in [-0.05, 0) is 48.7 Å². The number of nitrogens with two attached hydrogens (primary N) is 1. The molecule has 10 heteroatoms. The van der Waals surface area contributed by atoms with Crippen LogP contribution in [0.3, 0.4) is 0 Å². The van der Waals surface area contributed by atoms with Crippen molar-refractivity contribution in [2.75, 3.05) is 18.5 Å². The third-order valence-corrected chi connectivity index (χ3v) is 6.58. The van der Waals surface area contributed by atoms with Gasteiger partial charge >= 0.3 is 0 Å². The first-order valence-corrected chi connectivity index (χ1v) is 11.7. The maximum atomic E-state index is 14.6. The van der Waals surface area contributed by atoms with Crippen molar-refractivity contribution in [3.63, 3.8) is 0 Å². The number of primary amides is 1. The number of benzene rings is 2. The molecule has 1 aliphatic rings. The molecule has 3 N–H and O–H groups in total.